The van der Waals surface area contributed by atoms with E-state index in [4.69, 9.17) is 11.5 Å². The van der Waals surface area contributed by atoms with Crippen LogP contribution in [-0.2, 0) is 0 Å². The zero-order valence-electron chi connectivity index (χ0n) is 9.95. The number of hydrogen-bond donors (Lipinski definition) is 4. The van der Waals surface area contributed by atoms with Crippen LogP contribution in [0, 0.1) is 0 Å². The van der Waals surface area contributed by atoms with Crippen LogP contribution in [0.2, 0.25) is 0 Å². The highest BCUT2D eigenvalue weighted by molar-refractivity contribution is 5.96. The molecule has 1 rings (SSSR count). The molecule has 8 heteroatoms. The minimum Gasteiger partial charge on any atom is -0.351 e. The van der Waals surface area contributed by atoms with Crippen molar-refractivity contribution in [2.45, 2.75) is 5.92 Å². The Hall–Kier alpha value is -2.22. The fourth-order valence-corrected chi connectivity index (χ4v) is 1.26. The summed E-state index contributed by atoms with van der Waals surface area (Å²) >= 11 is 0. The van der Waals surface area contributed by atoms with Gasteiger partial charge in [-0.25, -0.2) is 13.6 Å². The molecule has 0 radical (unpaired) electrons. The van der Waals surface area contributed by atoms with E-state index in [0.29, 0.717) is 5.69 Å². The zero-order chi connectivity index (χ0) is 14.5. The van der Waals surface area contributed by atoms with E-state index in [0.717, 1.165) is 0 Å². The molecule has 0 saturated heterocycles. The van der Waals surface area contributed by atoms with Crippen LogP contribution in [0.3, 0.4) is 0 Å². The molecule has 3 amide bonds. The Morgan fingerprint density at radius 1 is 1.32 bits per heavy atom. The van der Waals surface area contributed by atoms with Crippen molar-refractivity contribution in [3.05, 3.63) is 29.8 Å². The van der Waals surface area contributed by atoms with Gasteiger partial charge in [-0.3, -0.25) is 4.79 Å². The summed E-state index contributed by atoms with van der Waals surface area (Å²) in [5.74, 6) is -3.85. The van der Waals surface area contributed by atoms with Crippen molar-refractivity contribution in [1.29, 1.82) is 0 Å². The van der Waals surface area contributed by atoms with Crippen molar-refractivity contribution < 1.29 is 18.4 Å². The Kier molecular flexibility index (Phi) is 4.76. The maximum absolute atomic E-state index is 12.9. The molecule has 1 aromatic rings. The van der Waals surface area contributed by atoms with Crippen molar-refractivity contribution >= 4 is 17.6 Å². The molecule has 1 aromatic carbocycles. The average Bonchev–Trinajstić information content (AvgIpc) is 2.35. The number of benzene rings is 1. The summed E-state index contributed by atoms with van der Waals surface area (Å²) in [5, 5.41) is 4.33. The van der Waals surface area contributed by atoms with Crippen LogP contribution < -0.4 is 22.1 Å². The highest BCUT2D eigenvalue weighted by Gasteiger charge is 2.27. The third kappa shape index (κ3) is 4.88. The number of carbonyl (C=O) groups is 2. The van der Waals surface area contributed by atoms with Gasteiger partial charge in [0.2, 0.25) is 0 Å². The second-order valence-electron chi connectivity index (χ2n) is 3.81. The molecule has 0 spiro atoms. The summed E-state index contributed by atoms with van der Waals surface area (Å²) in [5.41, 5.74) is 10.2. The Morgan fingerprint density at radius 2 is 2.00 bits per heavy atom. The van der Waals surface area contributed by atoms with E-state index >= 15 is 0 Å². The number of urea groups is 1. The standard InChI is InChI=1S/C11H14F2N4O2/c12-11(13,5-14)6-16-9(18)7-2-1-3-8(4-7)17-10(15)19/h1-4H,5-6,14H2,(H,16,18)(H3,15,17,19). The zero-order valence-corrected chi connectivity index (χ0v) is 9.95. The van der Waals surface area contributed by atoms with Gasteiger partial charge in [0.1, 0.15) is 0 Å². The van der Waals surface area contributed by atoms with Gasteiger partial charge >= 0.3 is 6.03 Å². The summed E-state index contributed by atoms with van der Waals surface area (Å²) in [6, 6.07) is 4.95. The number of amides is 3. The number of carbonyl (C=O) groups excluding carboxylic acids is 2. The van der Waals surface area contributed by atoms with Gasteiger partial charge in [-0.15, -0.1) is 0 Å². The lowest BCUT2D eigenvalue weighted by atomic mass is 10.2. The van der Waals surface area contributed by atoms with Gasteiger partial charge in [-0.2, -0.15) is 0 Å². The lowest BCUT2D eigenvalue weighted by Crippen LogP contribution is -2.41. The first-order valence-electron chi connectivity index (χ1n) is 5.37. The van der Waals surface area contributed by atoms with E-state index in [9.17, 15) is 18.4 Å². The summed E-state index contributed by atoms with van der Waals surface area (Å²) in [6.45, 7) is -1.70. The SMILES string of the molecule is NCC(F)(F)CNC(=O)c1cccc(NC(N)=O)c1. The Bertz CT molecular complexity index is 480. The third-order valence-electron chi connectivity index (χ3n) is 2.20. The Morgan fingerprint density at radius 3 is 2.58 bits per heavy atom. The van der Waals surface area contributed by atoms with Crippen LogP contribution in [0.1, 0.15) is 10.4 Å². The van der Waals surface area contributed by atoms with Gasteiger partial charge in [-0.1, -0.05) is 6.07 Å². The van der Waals surface area contributed by atoms with Crippen molar-refractivity contribution in [2.24, 2.45) is 11.5 Å². The number of nitrogens with two attached hydrogens (primary N) is 2. The highest BCUT2D eigenvalue weighted by Crippen LogP contribution is 2.12. The van der Waals surface area contributed by atoms with Gasteiger partial charge in [0.25, 0.3) is 11.8 Å². The molecule has 0 aromatic heterocycles. The average molecular weight is 272 g/mol. The van der Waals surface area contributed by atoms with E-state index in [1.807, 2.05) is 0 Å². The van der Waals surface area contributed by atoms with E-state index in [1.54, 1.807) is 0 Å². The van der Waals surface area contributed by atoms with E-state index in [1.165, 1.54) is 24.3 Å². The largest absolute Gasteiger partial charge is 0.351 e. The van der Waals surface area contributed by atoms with Crippen LogP contribution in [0.25, 0.3) is 0 Å². The maximum atomic E-state index is 12.9. The van der Waals surface area contributed by atoms with Crippen LogP contribution >= 0.6 is 0 Å². The first kappa shape index (κ1) is 14.8. The van der Waals surface area contributed by atoms with Crippen molar-refractivity contribution in [1.82, 2.24) is 5.32 Å². The van der Waals surface area contributed by atoms with Crippen molar-refractivity contribution in [3.63, 3.8) is 0 Å². The van der Waals surface area contributed by atoms with Crippen molar-refractivity contribution in [2.75, 3.05) is 18.4 Å². The Labute approximate surface area is 108 Å². The van der Waals surface area contributed by atoms with E-state index in [-0.39, 0.29) is 5.56 Å². The number of hydrogen-bond acceptors (Lipinski definition) is 3. The van der Waals surface area contributed by atoms with Crippen molar-refractivity contribution in [3.8, 4) is 0 Å². The number of rotatable bonds is 5. The summed E-state index contributed by atoms with van der Waals surface area (Å²) in [7, 11) is 0. The van der Waals surface area contributed by atoms with Crippen LogP contribution in [-0.4, -0.2) is 31.0 Å². The lowest BCUT2D eigenvalue weighted by Gasteiger charge is -2.14. The molecule has 0 unspecified atom stereocenters. The van der Waals surface area contributed by atoms with Gasteiger partial charge in [0, 0.05) is 11.3 Å². The quantitative estimate of drug-likeness (QED) is 0.626. The molecule has 0 atom stereocenters. The van der Waals surface area contributed by atoms with Crippen LogP contribution in [0.15, 0.2) is 24.3 Å². The molecule has 0 aliphatic heterocycles. The molecule has 0 aliphatic rings. The summed E-state index contributed by atoms with van der Waals surface area (Å²) < 4.78 is 25.7. The summed E-state index contributed by atoms with van der Waals surface area (Å²) in [4.78, 5) is 22.3. The molecule has 0 bridgehead atoms. The van der Waals surface area contributed by atoms with Gasteiger partial charge in [-0.05, 0) is 18.2 Å². The van der Waals surface area contributed by atoms with Crippen LogP contribution in [0.4, 0.5) is 19.3 Å². The molecule has 6 N–H and O–H groups in total. The third-order valence-corrected chi connectivity index (χ3v) is 2.20. The predicted octanol–water partition coefficient (Wildman–Crippen LogP) is 0.501. The van der Waals surface area contributed by atoms with Crippen LogP contribution in [0.5, 0.6) is 0 Å². The topological polar surface area (TPSA) is 110 Å². The molecule has 0 saturated carbocycles. The lowest BCUT2D eigenvalue weighted by molar-refractivity contribution is 0.0118. The minimum atomic E-state index is -3.15. The van der Waals surface area contributed by atoms with E-state index in [2.05, 4.69) is 10.6 Å². The molecular formula is C11H14F2N4O2. The number of primary amides is 1. The second-order valence-corrected chi connectivity index (χ2v) is 3.81. The molecule has 6 nitrogen and oxygen atoms in total. The molecule has 19 heavy (non-hydrogen) atoms. The van der Waals surface area contributed by atoms with Gasteiger partial charge < -0.3 is 22.1 Å². The first-order chi connectivity index (χ1) is 8.84. The molecule has 0 heterocycles. The second kappa shape index (κ2) is 6.10. The Balaban J connectivity index is 2.69. The number of halogens is 2. The highest BCUT2D eigenvalue weighted by atomic mass is 19.3. The molecule has 104 valence electrons. The minimum absolute atomic E-state index is 0.124. The fraction of sp³-hybridized carbons (Fsp3) is 0.273. The van der Waals surface area contributed by atoms with E-state index < -0.39 is 31.0 Å². The predicted molar refractivity (Wildman–Crippen MR) is 66.0 cm³/mol. The molecular weight excluding hydrogens is 258 g/mol. The monoisotopic (exact) mass is 272 g/mol. The first-order valence-corrected chi connectivity index (χ1v) is 5.37. The normalized spacial score (nSPS) is 10.9. The number of nitrogens with one attached hydrogen (secondary N) is 2. The number of alkyl halides is 2. The maximum Gasteiger partial charge on any atom is 0.316 e. The van der Waals surface area contributed by atoms with Gasteiger partial charge in [0.15, 0.2) is 0 Å². The smallest absolute Gasteiger partial charge is 0.316 e. The fourth-order valence-electron chi connectivity index (χ4n) is 1.26. The number of anilines is 1. The summed E-state index contributed by atoms with van der Waals surface area (Å²) in [6.07, 6.45) is 0. The molecule has 0 aliphatic carbocycles. The van der Waals surface area contributed by atoms with Gasteiger partial charge in [0.05, 0.1) is 13.1 Å². The molecule has 0 fully saturated rings.